The molecule has 4 rings (SSSR count). The van der Waals surface area contributed by atoms with Crippen LogP contribution in [0.2, 0.25) is 0 Å². The summed E-state index contributed by atoms with van der Waals surface area (Å²) < 4.78 is 21.8. The molecule has 2 aromatic heterocycles. The average molecular weight is 539 g/mol. The van der Waals surface area contributed by atoms with Crippen LogP contribution < -0.4 is 14.4 Å². The second-order valence-electron chi connectivity index (χ2n) is 8.02. The largest absolute Gasteiger partial charge is 0.503 e. The maximum atomic E-state index is 13.5. The van der Waals surface area contributed by atoms with E-state index in [9.17, 15) is 19.5 Å². The van der Waals surface area contributed by atoms with Crippen molar-refractivity contribution in [3.8, 4) is 11.5 Å². The topological polar surface area (TPSA) is 128 Å². The average Bonchev–Trinajstić information content (AvgIpc) is 3.63. The van der Waals surface area contributed by atoms with Crippen molar-refractivity contribution in [2.45, 2.75) is 26.8 Å². The summed E-state index contributed by atoms with van der Waals surface area (Å²) in [5, 5.41) is 11.0. The van der Waals surface area contributed by atoms with E-state index < -0.39 is 29.5 Å². The number of aliphatic hydroxyl groups excluding tert-OH is 1. The third-order valence-electron chi connectivity index (χ3n) is 5.59. The molecule has 38 heavy (non-hydrogen) atoms. The number of ketones is 1. The fourth-order valence-corrected chi connectivity index (χ4v) is 4.99. The van der Waals surface area contributed by atoms with Crippen molar-refractivity contribution in [2.24, 2.45) is 0 Å². The number of Topliss-reactive ketones (excluding diaryl/α,β-unsaturated/α-hetero) is 1. The Morgan fingerprint density at radius 1 is 1.21 bits per heavy atom. The van der Waals surface area contributed by atoms with Crippen molar-refractivity contribution in [1.29, 1.82) is 0 Å². The summed E-state index contributed by atoms with van der Waals surface area (Å²) in [5.74, 6) is -2.05. The summed E-state index contributed by atoms with van der Waals surface area (Å²) in [6.07, 6.45) is 2.76. The Labute approximate surface area is 222 Å². The van der Waals surface area contributed by atoms with E-state index in [4.69, 9.17) is 18.6 Å². The van der Waals surface area contributed by atoms with Crippen LogP contribution in [-0.4, -0.2) is 47.6 Å². The summed E-state index contributed by atoms with van der Waals surface area (Å²) in [5.41, 5.74) is 0.589. The monoisotopic (exact) mass is 538 g/mol. The molecule has 1 amide bonds. The van der Waals surface area contributed by atoms with Crippen molar-refractivity contribution < 1.29 is 38.1 Å². The third-order valence-corrected chi connectivity index (χ3v) is 6.73. The van der Waals surface area contributed by atoms with Gasteiger partial charge in [-0.15, -0.1) is 0 Å². The SMILES string of the molecule is C=CCOC(=O)c1sc(N2C(=O)C(O)=C(C(=O)c3ccco3)C2c2ccc(OCC)c(OCC)c2)nc1C. The van der Waals surface area contributed by atoms with Gasteiger partial charge in [0.2, 0.25) is 5.78 Å². The van der Waals surface area contributed by atoms with Crippen LogP contribution in [0.5, 0.6) is 11.5 Å². The van der Waals surface area contributed by atoms with Gasteiger partial charge in [0, 0.05) is 0 Å². The van der Waals surface area contributed by atoms with Crippen molar-refractivity contribution in [1.82, 2.24) is 4.98 Å². The Balaban J connectivity index is 1.86. The molecule has 1 aromatic carbocycles. The summed E-state index contributed by atoms with van der Waals surface area (Å²) in [7, 11) is 0. The molecule has 1 unspecified atom stereocenters. The van der Waals surface area contributed by atoms with Crippen molar-refractivity contribution >= 4 is 34.1 Å². The predicted octanol–water partition coefficient (Wildman–Crippen LogP) is 4.97. The molecule has 3 aromatic rings. The highest BCUT2D eigenvalue weighted by Gasteiger charge is 2.47. The first-order valence-corrected chi connectivity index (χ1v) is 12.6. The smallest absolute Gasteiger partial charge is 0.350 e. The minimum atomic E-state index is -1.10. The van der Waals surface area contributed by atoms with E-state index in [0.717, 1.165) is 11.3 Å². The molecule has 1 aliphatic heterocycles. The van der Waals surface area contributed by atoms with Gasteiger partial charge < -0.3 is 23.7 Å². The number of benzene rings is 1. The number of carbonyl (C=O) groups is 3. The number of rotatable bonds is 11. The molecule has 1 N–H and O–H groups in total. The molecule has 10 nitrogen and oxygen atoms in total. The Bertz CT molecular complexity index is 1410. The number of hydrogen-bond acceptors (Lipinski definition) is 10. The zero-order valence-electron chi connectivity index (χ0n) is 21.1. The number of thiazole rings is 1. The maximum Gasteiger partial charge on any atom is 0.350 e. The van der Waals surface area contributed by atoms with Gasteiger partial charge in [0.25, 0.3) is 5.91 Å². The molecular weight excluding hydrogens is 512 g/mol. The van der Waals surface area contributed by atoms with Gasteiger partial charge in [-0.05, 0) is 50.6 Å². The molecule has 0 aliphatic carbocycles. The van der Waals surface area contributed by atoms with E-state index in [1.807, 2.05) is 13.8 Å². The zero-order chi connectivity index (χ0) is 27.4. The first-order chi connectivity index (χ1) is 18.3. The highest BCUT2D eigenvalue weighted by atomic mass is 32.1. The number of esters is 1. The van der Waals surface area contributed by atoms with Gasteiger partial charge in [-0.3, -0.25) is 14.5 Å². The lowest BCUT2D eigenvalue weighted by molar-refractivity contribution is -0.117. The molecule has 198 valence electrons. The van der Waals surface area contributed by atoms with E-state index in [-0.39, 0.29) is 27.9 Å². The Kier molecular flexibility index (Phi) is 7.96. The van der Waals surface area contributed by atoms with E-state index in [0.29, 0.717) is 36.0 Å². The molecule has 0 fully saturated rings. The molecule has 0 radical (unpaired) electrons. The van der Waals surface area contributed by atoms with Crippen LogP contribution in [0.3, 0.4) is 0 Å². The number of anilines is 1. The summed E-state index contributed by atoms with van der Waals surface area (Å²) in [4.78, 5) is 45.2. The second-order valence-corrected chi connectivity index (χ2v) is 8.99. The van der Waals surface area contributed by atoms with Gasteiger partial charge in [-0.1, -0.05) is 30.1 Å². The van der Waals surface area contributed by atoms with E-state index >= 15 is 0 Å². The first kappa shape index (κ1) is 26.7. The molecule has 1 aliphatic rings. The Morgan fingerprint density at radius 3 is 2.61 bits per heavy atom. The number of amides is 1. The van der Waals surface area contributed by atoms with Crippen molar-refractivity contribution in [2.75, 3.05) is 24.7 Å². The minimum Gasteiger partial charge on any atom is -0.503 e. The number of hydrogen-bond donors (Lipinski definition) is 1. The maximum absolute atomic E-state index is 13.5. The van der Waals surface area contributed by atoms with Gasteiger partial charge in [0.05, 0.1) is 36.8 Å². The lowest BCUT2D eigenvalue weighted by atomic mass is 9.95. The highest BCUT2D eigenvalue weighted by molar-refractivity contribution is 7.17. The van der Waals surface area contributed by atoms with Crippen LogP contribution >= 0.6 is 11.3 Å². The standard InChI is InChI=1S/C27H26N2O8S/c1-5-12-37-26(33)24-15(4)28-27(38-24)29-21(16-10-11-17(34-6-2)19(14-16)35-7-3)20(23(31)25(29)32)22(30)18-9-8-13-36-18/h5,8-11,13-14,21,31H,1,6-7,12H2,2-4H3. The van der Waals surface area contributed by atoms with Gasteiger partial charge in [-0.25, -0.2) is 9.78 Å². The summed E-state index contributed by atoms with van der Waals surface area (Å²) in [6, 6.07) is 6.86. The van der Waals surface area contributed by atoms with Gasteiger partial charge in [-0.2, -0.15) is 0 Å². The number of aliphatic hydroxyl groups is 1. The van der Waals surface area contributed by atoms with Crippen LogP contribution in [0.4, 0.5) is 5.13 Å². The number of furan rings is 1. The fraction of sp³-hybridized carbons (Fsp3) is 0.259. The van der Waals surface area contributed by atoms with Gasteiger partial charge in [0.1, 0.15) is 11.5 Å². The Morgan fingerprint density at radius 2 is 1.95 bits per heavy atom. The lowest BCUT2D eigenvalue weighted by Gasteiger charge is -2.25. The van der Waals surface area contributed by atoms with E-state index in [1.54, 1.807) is 25.1 Å². The molecule has 1 atom stereocenters. The van der Waals surface area contributed by atoms with Crippen LogP contribution in [-0.2, 0) is 9.53 Å². The minimum absolute atomic E-state index is 0.00724. The van der Waals surface area contributed by atoms with Gasteiger partial charge in [0.15, 0.2) is 28.1 Å². The van der Waals surface area contributed by atoms with Crippen molar-refractivity contribution in [3.63, 3.8) is 0 Å². The molecule has 0 saturated carbocycles. The molecular formula is C27H26N2O8S. The normalized spacial score (nSPS) is 15.1. The number of carbonyl (C=O) groups excluding carboxylic acids is 3. The summed E-state index contributed by atoms with van der Waals surface area (Å²) in [6.45, 7) is 9.54. The second kappa shape index (κ2) is 11.3. The number of ether oxygens (including phenoxy) is 3. The van der Waals surface area contributed by atoms with Crippen molar-refractivity contribution in [3.05, 3.63) is 82.5 Å². The first-order valence-electron chi connectivity index (χ1n) is 11.8. The molecule has 0 spiro atoms. The summed E-state index contributed by atoms with van der Waals surface area (Å²) >= 11 is 0.913. The van der Waals surface area contributed by atoms with Crippen LogP contribution in [0.25, 0.3) is 0 Å². The van der Waals surface area contributed by atoms with Gasteiger partial charge >= 0.3 is 5.97 Å². The molecule has 0 saturated heterocycles. The molecule has 0 bridgehead atoms. The van der Waals surface area contributed by atoms with Crippen LogP contribution in [0.1, 0.15) is 51.4 Å². The Hall–Kier alpha value is -4.38. The van der Waals surface area contributed by atoms with E-state index in [2.05, 4.69) is 11.6 Å². The highest BCUT2D eigenvalue weighted by Crippen LogP contribution is 2.45. The fourth-order valence-electron chi connectivity index (χ4n) is 4.00. The van der Waals surface area contributed by atoms with E-state index in [1.165, 1.54) is 29.4 Å². The third kappa shape index (κ3) is 4.92. The quantitative estimate of drug-likeness (QED) is 0.204. The zero-order valence-corrected chi connectivity index (χ0v) is 21.9. The van der Waals surface area contributed by atoms with Crippen LogP contribution in [0, 0.1) is 6.92 Å². The predicted molar refractivity (Wildman–Crippen MR) is 139 cm³/mol. The number of aromatic nitrogens is 1. The van der Waals surface area contributed by atoms with Crippen LogP contribution in [0.15, 0.2) is 65.0 Å². The number of nitrogens with zero attached hydrogens (tertiary/aromatic N) is 2. The number of aryl methyl sites for hydroxylation is 1. The molecule has 3 heterocycles. The lowest BCUT2D eigenvalue weighted by Crippen LogP contribution is -2.31. The molecule has 11 heteroatoms.